The smallest absolute Gasteiger partial charge is 0.164 e. The van der Waals surface area contributed by atoms with Crippen LogP contribution in [0.3, 0.4) is 0 Å². The molecule has 0 radical (unpaired) electrons. The monoisotopic (exact) mass is 814 g/mol. The number of hydrogen-bond donors (Lipinski definition) is 0. The highest BCUT2D eigenvalue weighted by Gasteiger charge is 2.16. The van der Waals surface area contributed by atoms with Crippen molar-refractivity contribution in [2.75, 3.05) is 0 Å². The molecule has 4 nitrogen and oxygen atoms in total. The van der Waals surface area contributed by atoms with Crippen LogP contribution in [0.15, 0.2) is 231 Å². The van der Waals surface area contributed by atoms with Crippen molar-refractivity contribution in [2.24, 2.45) is 0 Å². The Kier molecular flexibility index (Phi) is 9.12. The Hall–Kier alpha value is -8.60. The molecule has 2 aromatic heterocycles. The lowest BCUT2D eigenvalue weighted by atomic mass is 9.94. The minimum Gasteiger partial charge on any atom is -0.256 e. The summed E-state index contributed by atoms with van der Waals surface area (Å²) < 4.78 is 0. The normalized spacial score (nSPS) is 11.4. The van der Waals surface area contributed by atoms with Crippen molar-refractivity contribution in [3.05, 3.63) is 231 Å². The predicted octanol–water partition coefficient (Wildman–Crippen LogP) is 15.6. The summed E-state index contributed by atoms with van der Waals surface area (Å²) >= 11 is 0. The van der Waals surface area contributed by atoms with Crippen LogP contribution in [0.25, 0.3) is 121 Å². The molecule has 0 spiro atoms. The van der Waals surface area contributed by atoms with Crippen molar-refractivity contribution in [1.29, 1.82) is 0 Å². The fourth-order valence-electron chi connectivity index (χ4n) is 9.32. The van der Waals surface area contributed by atoms with Gasteiger partial charge in [0.25, 0.3) is 0 Å². The Balaban J connectivity index is 1.10. The maximum Gasteiger partial charge on any atom is 0.164 e. The van der Waals surface area contributed by atoms with Crippen molar-refractivity contribution in [2.45, 2.75) is 0 Å². The number of rotatable bonds is 5. The maximum absolute atomic E-state index is 5.28. The highest BCUT2D eigenvalue weighted by molar-refractivity contribution is 6.26. The first-order chi connectivity index (χ1) is 31.7. The van der Waals surface area contributed by atoms with Gasteiger partial charge in [-0.25, -0.2) is 15.0 Å². The fourth-order valence-corrected chi connectivity index (χ4v) is 9.32. The molecule has 0 atom stereocenters. The van der Waals surface area contributed by atoms with Crippen LogP contribution in [0.5, 0.6) is 0 Å². The van der Waals surface area contributed by atoms with Gasteiger partial charge >= 0.3 is 0 Å². The first-order valence-corrected chi connectivity index (χ1v) is 21.6. The van der Waals surface area contributed by atoms with Crippen LogP contribution in [-0.4, -0.2) is 19.9 Å². The standard InChI is InChI=1S/C60H38N4/c1-2-16-45-39(14-1)15-13-25-46(45)40-27-31-42(32-28-40)58-62-59(43-33-29-41(30-34-43)57-26-11-12-37-61-57)64-60(63-58)44-35-36-55-53-23-8-7-21-51(53)49-19-4-3-17-47(49)48-18-5-6-20-50(48)52-22-9-10-24-54(52)56(55)38-44/h1-38H. The topological polar surface area (TPSA) is 51.6 Å². The third-order valence-corrected chi connectivity index (χ3v) is 12.4. The third-order valence-electron chi connectivity index (χ3n) is 12.4. The number of hydrogen-bond acceptors (Lipinski definition) is 4. The zero-order chi connectivity index (χ0) is 42.4. The second kappa shape index (κ2) is 15.7. The van der Waals surface area contributed by atoms with Gasteiger partial charge < -0.3 is 0 Å². The van der Waals surface area contributed by atoms with Gasteiger partial charge in [-0.05, 0) is 94.0 Å². The Morgan fingerprint density at radius 2 is 0.609 bits per heavy atom. The van der Waals surface area contributed by atoms with Crippen LogP contribution in [-0.2, 0) is 0 Å². The van der Waals surface area contributed by atoms with Gasteiger partial charge in [0.15, 0.2) is 17.5 Å². The van der Waals surface area contributed by atoms with Crippen LogP contribution in [0.1, 0.15) is 0 Å². The van der Waals surface area contributed by atoms with Crippen LogP contribution < -0.4 is 0 Å². The Bertz CT molecular complexity index is 3740. The summed E-state index contributed by atoms with van der Waals surface area (Å²) in [6.07, 6.45) is 1.82. The molecule has 0 amide bonds. The molecule has 10 aromatic carbocycles. The van der Waals surface area contributed by atoms with E-state index >= 15 is 0 Å². The Labute approximate surface area is 370 Å². The van der Waals surface area contributed by atoms with E-state index in [-0.39, 0.29) is 0 Å². The molecule has 64 heavy (non-hydrogen) atoms. The van der Waals surface area contributed by atoms with E-state index in [1.165, 1.54) is 54.0 Å². The minimum absolute atomic E-state index is 0.599. The number of pyridine rings is 1. The SMILES string of the molecule is c1ccc(-c2ccc(-c3nc(-c4ccc(-c5cccc6ccccc56)cc4)nc(-c4ccc5c6ccccc6c6ccccc6c6ccccc6c6ccccc6c5c4)n3)cc2)nc1. The molecule has 2 heterocycles. The lowest BCUT2D eigenvalue weighted by Gasteiger charge is -2.12. The summed E-state index contributed by atoms with van der Waals surface area (Å²) in [4.78, 5) is 20.3. The van der Waals surface area contributed by atoms with E-state index in [0.29, 0.717) is 17.5 Å². The first-order valence-electron chi connectivity index (χ1n) is 21.6. The van der Waals surface area contributed by atoms with Crippen LogP contribution >= 0.6 is 0 Å². The molecular formula is C60H38N4. The van der Waals surface area contributed by atoms with E-state index in [9.17, 15) is 0 Å². The highest BCUT2D eigenvalue weighted by Crippen LogP contribution is 2.38. The average molecular weight is 815 g/mol. The van der Waals surface area contributed by atoms with Gasteiger partial charge in [-0.2, -0.15) is 0 Å². The molecule has 12 aromatic rings. The average Bonchev–Trinajstić information content (AvgIpc) is 3.38. The lowest BCUT2D eigenvalue weighted by Crippen LogP contribution is -2.00. The molecular weight excluding hydrogens is 777 g/mol. The molecule has 0 saturated heterocycles. The number of benzene rings is 9. The van der Waals surface area contributed by atoms with Gasteiger partial charge in [0, 0.05) is 28.5 Å². The van der Waals surface area contributed by atoms with Crippen molar-refractivity contribution in [3.8, 4) is 56.5 Å². The minimum atomic E-state index is 0.599. The predicted molar refractivity (Wildman–Crippen MR) is 267 cm³/mol. The van der Waals surface area contributed by atoms with E-state index in [2.05, 4.69) is 211 Å². The zero-order valence-corrected chi connectivity index (χ0v) is 34.7. The van der Waals surface area contributed by atoms with E-state index < -0.39 is 0 Å². The lowest BCUT2D eigenvalue weighted by molar-refractivity contribution is 1.07. The van der Waals surface area contributed by atoms with Crippen molar-refractivity contribution < 1.29 is 0 Å². The van der Waals surface area contributed by atoms with Gasteiger partial charge in [-0.1, -0.05) is 206 Å². The summed E-state index contributed by atoms with van der Waals surface area (Å²) in [6, 6.07) is 79.6. The summed E-state index contributed by atoms with van der Waals surface area (Å²) in [5.74, 6) is 1.81. The van der Waals surface area contributed by atoms with Gasteiger partial charge in [0.2, 0.25) is 0 Å². The van der Waals surface area contributed by atoms with Crippen LogP contribution in [0.4, 0.5) is 0 Å². The number of nitrogens with zero attached hydrogens (tertiary/aromatic N) is 4. The Morgan fingerprint density at radius 1 is 0.234 bits per heavy atom. The zero-order valence-electron chi connectivity index (χ0n) is 34.7. The van der Waals surface area contributed by atoms with Crippen molar-refractivity contribution >= 4 is 64.6 Å². The molecule has 0 N–H and O–H groups in total. The molecule has 0 aliphatic rings. The summed E-state index contributed by atoms with van der Waals surface area (Å²) in [5.41, 5.74) is 6.97. The first kappa shape index (κ1) is 37.2. The summed E-state index contributed by atoms with van der Waals surface area (Å²) in [7, 11) is 0. The van der Waals surface area contributed by atoms with E-state index in [1.54, 1.807) is 0 Å². The van der Waals surface area contributed by atoms with Gasteiger partial charge in [0.1, 0.15) is 0 Å². The number of aromatic nitrogens is 4. The van der Waals surface area contributed by atoms with Gasteiger partial charge in [-0.3, -0.25) is 4.98 Å². The summed E-state index contributed by atoms with van der Waals surface area (Å²) in [5, 5.41) is 14.2. The molecule has 0 saturated carbocycles. The second-order valence-corrected chi connectivity index (χ2v) is 16.1. The summed E-state index contributed by atoms with van der Waals surface area (Å²) in [6.45, 7) is 0. The van der Waals surface area contributed by atoms with Gasteiger partial charge in [-0.15, -0.1) is 0 Å². The maximum atomic E-state index is 5.28. The molecule has 4 heteroatoms. The molecule has 0 aliphatic heterocycles. The van der Waals surface area contributed by atoms with Crippen molar-refractivity contribution in [1.82, 2.24) is 19.9 Å². The fraction of sp³-hybridized carbons (Fsp3) is 0. The Morgan fingerprint density at radius 3 is 1.11 bits per heavy atom. The molecule has 0 unspecified atom stereocenters. The van der Waals surface area contributed by atoms with E-state index in [0.717, 1.165) is 49.7 Å². The van der Waals surface area contributed by atoms with Crippen LogP contribution in [0.2, 0.25) is 0 Å². The van der Waals surface area contributed by atoms with E-state index in [4.69, 9.17) is 15.0 Å². The quantitative estimate of drug-likeness (QED) is 0.174. The third kappa shape index (κ3) is 6.57. The molecule has 0 bridgehead atoms. The molecule has 298 valence electrons. The molecule has 0 aliphatic carbocycles. The molecule has 12 rings (SSSR count). The number of fused-ring (bicyclic) bond motifs is 11. The van der Waals surface area contributed by atoms with Crippen molar-refractivity contribution in [3.63, 3.8) is 0 Å². The van der Waals surface area contributed by atoms with Gasteiger partial charge in [0.05, 0.1) is 5.69 Å². The van der Waals surface area contributed by atoms with E-state index in [1.807, 2.05) is 24.4 Å². The highest BCUT2D eigenvalue weighted by atomic mass is 15.0. The van der Waals surface area contributed by atoms with Crippen LogP contribution in [0, 0.1) is 0 Å². The second-order valence-electron chi connectivity index (χ2n) is 16.1. The molecule has 0 fully saturated rings. The largest absolute Gasteiger partial charge is 0.256 e.